The summed E-state index contributed by atoms with van der Waals surface area (Å²) in [5.41, 5.74) is 3.85. The van der Waals surface area contributed by atoms with Gasteiger partial charge in [0.25, 0.3) is 5.91 Å². The predicted molar refractivity (Wildman–Crippen MR) is 127 cm³/mol. The zero-order valence-corrected chi connectivity index (χ0v) is 19.9. The van der Waals surface area contributed by atoms with Crippen LogP contribution in [-0.4, -0.2) is 20.8 Å². The Kier molecular flexibility index (Phi) is 6.72. The van der Waals surface area contributed by atoms with Crippen molar-refractivity contribution in [3.63, 3.8) is 0 Å². The van der Waals surface area contributed by atoms with E-state index >= 15 is 0 Å². The summed E-state index contributed by atoms with van der Waals surface area (Å²) in [5.74, 6) is 0.607. The predicted octanol–water partition coefficient (Wildman–Crippen LogP) is 5.98. The smallest absolute Gasteiger partial charge is 0.278 e. The van der Waals surface area contributed by atoms with Crippen LogP contribution in [0.25, 0.3) is 0 Å². The van der Waals surface area contributed by atoms with Gasteiger partial charge in [0.1, 0.15) is 18.1 Å². The molecule has 170 valence electrons. The van der Waals surface area contributed by atoms with Crippen LogP contribution in [0.4, 0.5) is 5.69 Å². The number of nitrogens with one attached hydrogen (secondary N) is 1. The Labute approximate surface area is 201 Å². The van der Waals surface area contributed by atoms with Crippen molar-refractivity contribution in [2.45, 2.75) is 33.9 Å². The van der Waals surface area contributed by atoms with Crippen LogP contribution in [0.3, 0.4) is 0 Å². The molecule has 7 nitrogen and oxygen atoms in total. The molecule has 2 heterocycles. The minimum absolute atomic E-state index is 0.0911. The fraction of sp³-hybridized carbons (Fsp3) is 0.208. The molecular weight excluding hydrogens is 463 g/mol. The summed E-state index contributed by atoms with van der Waals surface area (Å²) >= 11 is 12.3. The second-order valence-electron chi connectivity index (χ2n) is 7.57. The van der Waals surface area contributed by atoms with E-state index in [-0.39, 0.29) is 12.3 Å². The van der Waals surface area contributed by atoms with Gasteiger partial charge in [-0.2, -0.15) is 5.10 Å². The largest absolute Gasteiger partial charge is 0.487 e. The van der Waals surface area contributed by atoms with Gasteiger partial charge in [0.2, 0.25) is 0 Å². The van der Waals surface area contributed by atoms with Crippen LogP contribution in [0.15, 0.2) is 53.1 Å². The number of hydrogen-bond acceptors (Lipinski definition) is 5. The van der Waals surface area contributed by atoms with E-state index in [0.29, 0.717) is 45.0 Å². The van der Waals surface area contributed by atoms with E-state index in [1.165, 1.54) is 0 Å². The lowest BCUT2D eigenvalue weighted by Crippen LogP contribution is -2.16. The van der Waals surface area contributed by atoms with Gasteiger partial charge in [-0.25, -0.2) is 0 Å². The minimum atomic E-state index is -0.405. The Morgan fingerprint density at radius 1 is 1.12 bits per heavy atom. The highest BCUT2D eigenvalue weighted by Crippen LogP contribution is 2.26. The molecule has 0 aliphatic heterocycles. The molecule has 0 spiro atoms. The quantitative estimate of drug-likeness (QED) is 0.348. The molecule has 4 rings (SSSR count). The SMILES string of the molecule is Cc1nn(Cc2cccc(Cl)c2)c(C)c1NC(=O)c1noc(C)c1COc1ccccc1Cl. The number of hydrogen-bond donors (Lipinski definition) is 1. The number of anilines is 1. The van der Waals surface area contributed by atoms with Gasteiger partial charge in [0, 0.05) is 5.02 Å². The number of halogens is 2. The van der Waals surface area contributed by atoms with Gasteiger partial charge in [0.05, 0.1) is 34.2 Å². The molecule has 9 heteroatoms. The molecule has 0 saturated carbocycles. The summed E-state index contributed by atoms with van der Waals surface area (Å²) in [6.07, 6.45) is 0. The third-order valence-electron chi connectivity index (χ3n) is 5.25. The number of aryl methyl sites for hydroxylation is 2. The number of amides is 1. The third-order valence-corrected chi connectivity index (χ3v) is 5.80. The van der Waals surface area contributed by atoms with Gasteiger partial charge < -0.3 is 14.6 Å². The number of benzene rings is 2. The van der Waals surface area contributed by atoms with Crippen LogP contribution in [-0.2, 0) is 13.2 Å². The highest BCUT2D eigenvalue weighted by molar-refractivity contribution is 6.32. The van der Waals surface area contributed by atoms with E-state index in [1.54, 1.807) is 19.1 Å². The van der Waals surface area contributed by atoms with Gasteiger partial charge in [-0.05, 0) is 50.6 Å². The first kappa shape index (κ1) is 22.9. The van der Waals surface area contributed by atoms with E-state index in [2.05, 4.69) is 15.6 Å². The van der Waals surface area contributed by atoms with Crippen LogP contribution in [0.2, 0.25) is 10.0 Å². The number of rotatable bonds is 7. The van der Waals surface area contributed by atoms with E-state index in [9.17, 15) is 4.79 Å². The van der Waals surface area contributed by atoms with Crippen LogP contribution >= 0.6 is 23.2 Å². The minimum Gasteiger partial charge on any atom is -0.487 e. The molecule has 4 aromatic rings. The van der Waals surface area contributed by atoms with Gasteiger partial charge in [-0.3, -0.25) is 9.48 Å². The standard InChI is InChI=1S/C24H22Cl2N4O3/c1-14-22(15(2)30(28-14)12-17-7-6-8-18(25)11-17)27-24(31)23-19(16(3)33-29-23)13-32-21-10-5-4-9-20(21)26/h4-11H,12-13H2,1-3H3,(H,27,31). The zero-order chi connectivity index (χ0) is 23.5. The normalized spacial score (nSPS) is 10.9. The highest BCUT2D eigenvalue weighted by atomic mass is 35.5. The molecular formula is C24H22Cl2N4O3. The van der Waals surface area contributed by atoms with Crippen LogP contribution < -0.4 is 10.1 Å². The van der Waals surface area contributed by atoms with Gasteiger partial charge >= 0.3 is 0 Å². The Morgan fingerprint density at radius 3 is 2.67 bits per heavy atom. The molecule has 1 N–H and O–H groups in total. The second-order valence-corrected chi connectivity index (χ2v) is 8.42. The third kappa shape index (κ3) is 5.05. The first-order valence-electron chi connectivity index (χ1n) is 10.3. The molecule has 0 radical (unpaired) electrons. The van der Waals surface area contributed by atoms with E-state index in [1.807, 2.05) is 54.9 Å². The van der Waals surface area contributed by atoms with E-state index in [0.717, 1.165) is 11.3 Å². The Morgan fingerprint density at radius 2 is 1.91 bits per heavy atom. The Balaban J connectivity index is 1.52. The molecule has 0 aliphatic rings. The number of para-hydroxylation sites is 1. The Bertz CT molecular complexity index is 1310. The monoisotopic (exact) mass is 484 g/mol. The maximum atomic E-state index is 13.1. The fourth-order valence-electron chi connectivity index (χ4n) is 3.46. The summed E-state index contributed by atoms with van der Waals surface area (Å²) in [7, 11) is 0. The maximum Gasteiger partial charge on any atom is 0.278 e. The summed E-state index contributed by atoms with van der Waals surface area (Å²) in [6, 6.07) is 14.7. The first-order chi connectivity index (χ1) is 15.8. The second kappa shape index (κ2) is 9.68. The summed E-state index contributed by atoms with van der Waals surface area (Å²) in [5, 5.41) is 12.6. The average molecular weight is 485 g/mol. The van der Waals surface area contributed by atoms with Gasteiger partial charge in [-0.15, -0.1) is 0 Å². The molecule has 1 amide bonds. The van der Waals surface area contributed by atoms with Crippen molar-refractivity contribution in [1.29, 1.82) is 0 Å². The fourth-order valence-corrected chi connectivity index (χ4v) is 3.87. The van der Waals surface area contributed by atoms with Crippen molar-refractivity contribution in [1.82, 2.24) is 14.9 Å². The molecule has 0 aliphatic carbocycles. The summed E-state index contributed by atoms with van der Waals surface area (Å²) in [4.78, 5) is 13.1. The summed E-state index contributed by atoms with van der Waals surface area (Å²) < 4.78 is 12.9. The molecule has 33 heavy (non-hydrogen) atoms. The molecule has 2 aromatic carbocycles. The topological polar surface area (TPSA) is 82.2 Å². The van der Waals surface area contributed by atoms with Gasteiger partial charge in [-0.1, -0.05) is 52.6 Å². The van der Waals surface area contributed by atoms with Crippen molar-refractivity contribution in [2.24, 2.45) is 0 Å². The lowest BCUT2D eigenvalue weighted by atomic mass is 10.2. The van der Waals surface area contributed by atoms with Crippen molar-refractivity contribution < 1.29 is 14.1 Å². The highest BCUT2D eigenvalue weighted by Gasteiger charge is 2.23. The molecule has 0 saturated heterocycles. The van der Waals surface area contributed by atoms with Crippen LogP contribution in [0, 0.1) is 20.8 Å². The lowest BCUT2D eigenvalue weighted by Gasteiger charge is -2.09. The number of ether oxygens (including phenoxy) is 1. The zero-order valence-electron chi connectivity index (χ0n) is 18.4. The molecule has 0 fully saturated rings. The van der Waals surface area contributed by atoms with Crippen molar-refractivity contribution in [3.05, 3.63) is 92.5 Å². The lowest BCUT2D eigenvalue weighted by molar-refractivity contribution is 0.101. The van der Waals surface area contributed by atoms with Crippen LogP contribution in [0.5, 0.6) is 5.75 Å². The van der Waals surface area contributed by atoms with E-state index < -0.39 is 5.91 Å². The number of carbonyl (C=O) groups excluding carboxylic acids is 1. The molecule has 0 bridgehead atoms. The average Bonchev–Trinajstić information content (AvgIpc) is 3.27. The maximum absolute atomic E-state index is 13.1. The first-order valence-corrected chi connectivity index (χ1v) is 11.0. The van der Waals surface area contributed by atoms with Crippen LogP contribution in [0.1, 0.15) is 38.8 Å². The number of aromatic nitrogens is 3. The number of carbonyl (C=O) groups is 1. The number of nitrogens with zero attached hydrogens (tertiary/aromatic N) is 3. The van der Waals surface area contributed by atoms with Crippen molar-refractivity contribution >= 4 is 34.8 Å². The molecule has 2 aromatic heterocycles. The van der Waals surface area contributed by atoms with Gasteiger partial charge in [0.15, 0.2) is 5.69 Å². The summed E-state index contributed by atoms with van der Waals surface area (Å²) in [6.45, 7) is 6.09. The Hall–Kier alpha value is -3.29. The molecule has 0 unspecified atom stereocenters. The van der Waals surface area contributed by atoms with Crippen molar-refractivity contribution in [3.8, 4) is 5.75 Å². The molecule has 0 atom stereocenters. The van der Waals surface area contributed by atoms with E-state index in [4.69, 9.17) is 32.5 Å². The van der Waals surface area contributed by atoms with Crippen molar-refractivity contribution in [2.75, 3.05) is 5.32 Å².